The number of sulfonamides is 1. The van der Waals surface area contributed by atoms with Crippen LogP contribution in [0.4, 0.5) is 0 Å². The van der Waals surface area contributed by atoms with Crippen LogP contribution in [0.15, 0.2) is 42.5 Å². The van der Waals surface area contributed by atoms with Gasteiger partial charge in [0.25, 0.3) is 0 Å². The minimum atomic E-state index is -3.57. The first-order chi connectivity index (χ1) is 14.7. The minimum absolute atomic E-state index is 0.0868. The van der Waals surface area contributed by atoms with Crippen molar-refractivity contribution in [2.45, 2.75) is 44.9 Å². The molecule has 1 N–H and O–H groups in total. The topological polar surface area (TPSA) is 66.5 Å². The fourth-order valence-electron chi connectivity index (χ4n) is 3.85. The molecular weight excluding hydrogens is 455 g/mol. The molecule has 1 amide bonds. The lowest BCUT2D eigenvalue weighted by atomic mass is 9.97. The Labute approximate surface area is 194 Å². The third-order valence-corrected chi connectivity index (χ3v) is 8.24. The van der Waals surface area contributed by atoms with E-state index in [9.17, 15) is 13.2 Å². The first-order valence-electron chi connectivity index (χ1n) is 10.5. The van der Waals surface area contributed by atoms with Crippen molar-refractivity contribution in [3.05, 3.63) is 69.2 Å². The SMILES string of the molecule is CCC(NC(=O)C1CCCN(S(=O)(=O)Cc2ccc(Cl)c(Cl)c2)C1)c1ccc(C)cc1. The Morgan fingerprint density at radius 2 is 1.87 bits per heavy atom. The summed E-state index contributed by atoms with van der Waals surface area (Å²) < 4.78 is 27.4. The van der Waals surface area contributed by atoms with Gasteiger partial charge >= 0.3 is 0 Å². The van der Waals surface area contributed by atoms with E-state index in [4.69, 9.17) is 23.2 Å². The molecular formula is C23H28Cl2N2O3S. The number of carbonyl (C=O) groups is 1. The summed E-state index contributed by atoms with van der Waals surface area (Å²) in [4.78, 5) is 13.0. The minimum Gasteiger partial charge on any atom is -0.349 e. The monoisotopic (exact) mass is 482 g/mol. The Balaban J connectivity index is 1.66. The van der Waals surface area contributed by atoms with Gasteiger partial charge in [-0.25, -0.2) is 12.7 Å². The molecule has 8 heteroatoms. The molecule has 2 aromatic carbocycles. The van der Waals surface area contributed by atoms with Gasteiger partial charge in [0.1, 0.15) is 0 Å². The van der Waals surface area contributed by atoms with Crippen LogP contribution in [0.1, 0.15) is 48.9 Å². The number of hydrogen-bond acceptors (Lipinski definition) is 3. The van der Waals surface area contributed by atoms with Gasteiger partial charge in [0.2, 0.25) is 15.9 Å². The van der Waals surface area contributed by atoms with Crippen LogP contribution in [0.25, 0.3) is 0 Å². The van der Waals surface area contributed by atoms with Gasteiger partial charge in [0.15, 0.2) is 0 Å². The smallest absolute Gasteiger partial charge is 0.224 e. The molecule has 168 valence electrons. The second-order valence-electron chi connectivity index (χ2n) is 8.08. The summed E-state index contributed by atoms with van der Waals surface area (Å²) in [6.45, 7) is 4.67. The van der Waals surface area contributed by atoms with Crippen LogP contribution in [-0.2, 0) is 20.6 Å². The van der Waals surface area contributed by atoms with Crippen LogP contribution in [-0.4, -0.2) is 31.7 Å². The van der Waals surface area contributed by atoms with Crippen LogP contribution in [0, 0.1) is 12.8 Å². The van der Waals surface area contributed by atoms with Gasteiger partial charge in [-0.05, 0) is 49.4 Å². The lowest BCUT2D eigenvalue weighted by molar-refractivity contribution is -0.126. The zero-order valence-electron chi connectivity index (χ0n) is 17.8. The van der Waals surface area contributed by atoms with E-state index in [-0.39, 0.29) is 30.2 Å². The van der Waals surface area contributed by atoms with Crippen LogP contribution in [0.3, 0.4) is 0 Å². The molecule has 0 aromatic heterocycles. The zero-order valence-corrected chi connectivity index (χ0v) is 20.1. The largest absolute Gasteiger partial charge is 0.349 e. The molecule has 3 rings (SSSR count). The van der Waals surface area contributed by atoms with Crippen molar-refractivity contribution in [3.8, 4) is 0 Å². The maximum atomic E-state index is 13.0. The maximum absolute atomic E-state index is 13.0. The number of hydrogen-bond donors (Lipinski definition) is 1. The average molecular weight is 483 g/mol. The molecule has 5 nitrogen and oxygen atoms in total. The average Bonchev–Trinajstić information content (AvgIpc) is 2.75. The number of benzene rings is 2. The van der Waals surface area contributed by atoms with E-state index >= 15 is 0 Å². The molecule has 1 saturated heterocycles. The van der Waals surface area contributed by atoms with Gasteiger partial charge in [-0.1, -0.05) is 66.0 Å². The number of piperidine rings is 1. The summed E-state index contributed by atoms with van der Waals surface area (Å²) in [5, 5.41) is 3.83. The predicted octanol–water partition coefficient (Wildman–Crippen LogP) is 5.11. The highest BCUT2D eigenvalue weighted by Crippen LogP contribution is 2.27. The molecule has 1 aliphatic heterocycles. The maximum Gasteiger partial charge on any atom is 0.224 e. The first-order valence-corrected chi connectivity index (χ1v) is 12.8. The van der Waals surface area contributed by atoms with Crippen molar-refractivity contribution in [2.24, 2.45) is 5.92 Å². The summed E-state index contributed by atoms with van der Waals surface area (Å²) in [5.41, 5.74) is 2.80. The van der Waals surface area contributed by atoms with Crippen molar-refractivity contribution in [3.63, 3.8) is 0 Å². The number of nitrogens with one attached hydrogen (secondary N) is 1. The highest BCUT2D eigenvalue weighted by atomic mass is 35.5. The van der Waals surface area contributed by atoms with Gasteiger partial charge in [-0.15, -0.1) is 0 Å². The Hall–Kier alpha value is -1.60. The highest BCUT2D eigenvalue weighted by Gasteiger charge is 2.33. The van der Waals surface area contributed by atoms with Crippen LogP contribution >= 0.6 is 23.2 Å². The molecule has 31 heavy (non-hydrogen) atoms. The number of carbonyl (C=O) groups excluding carboxylic acids is 1. The lowest BCUT2D eigenvalue weighted by Gasteiger charge is -2.32. The van der Waals surface area contributed by atoms with Gasteiger partial charge in [-0.3, -0.25) is 4.79 Å². The highest BCUT2D eigenvalue weighted by molar-refractivity contribution is 7.88. The number of amides is 1. The van der Waals surface area contributed by atoms with Gasteiger partial charge in [0, 0.05) is 13.1 Å². The van der Waals surface area contributed by atoms with Crippen molar-refractivity contribution in [2.75, 3.05) is 13.1 Å². The summed E-state index contributed by atoms with van der Waals surface area (Å²) in [5.74, 6) is -0.627. The van der Waals surface area contributed by atoms with E-state index in [1.54, 1.807) is 18.2 Å². The fourth-order valence-corrected chi connectivity index (χ4v) is 5.77. The molecule has 2 atom stereocenters. The molecule has 2 unspecified atom stereocenters. The Morgan fingerprint density at radius 3 is 2.52 bits per heavy atom. The van der Waals surface area contributed by atoms with E-state index in [0.717, 1.165) is 12.0 Å². The molecule has 0 radical (unpaired) electrons. The number of halogens is 2. The summed E-state index contributed by atoms with van der Waals surface area (Å²) >= 11 is 11.9. The van der Waals surface area contributed by atoms with Crippen molar-refractivity contribution >= 4 is 39.1 Å². The molecule has 0 saturated carbocycles. The number of rotatable bonds is 7. The quantitative estimate of drug-likeness (QED) is 0.595. The van der Waals surface area contributed by atoms with Crippen LogP contribution in [0.2, 0.25) is 10.0 Å². The summed E-state index contributed by atoms with van der Waals surface area (Å²) in [6.07, 6.45) is 2.09. The van der Waals surface area contributed by atoms with E-state index in [0.29, 0.717) is 35.0 Å². The normalized spacial score (nSPS) is 18.5. The Morgan fingerprint density at radius 1 is 1.16 bits per heavy atom. The van der Waals surface area contributed by atoms with Crippen LogP contribution < -0.4 is 5.32 Å². The zero-order chi connectivity index (χ0) is 22.6. The van der Waals surface area contributed by atoms with Crippen molar-refractivity contribution in [1.29, 1.82) is 0 Å². The molecule has 1 aliphatic rings. The molecule has 0 bridgehead atoms. The van der Waals surface area contributed by atoms with E-state index in [1.165, 1.54) is 9.87 Å². The molecule has 0 aliphatic carbocycles. The van der Waals surface area contributed by atoms with E-state index in [1.807, 2.05) is 38.1 Å². The van der Waals surface area contributed by atoms with Crippen molar-refractivity contribution in [1.82, 2.24) is 9.62 Å². The second-order valence-corrected chi connectivity index (χ2v) is 10.9. The molecule has 1 heterocycles. The van der Waals surface area contributed by atoms with Crippen LogP contribution in [0.5, 0.6) is 0 Å². The van der Waals surface area contributed by atoms with Gasteiger partial charge < -0.3 is 5.32 Å². The first kappa shape index (κ1) is 24.1. The number of aryl methyl sites for hydroxylation is 1. The number of nitrogens with zero attached hydrogens (tertiary/aromatic N) is 1. The van der Waals surface area contributed by atoms with Crippen molar-refractivity contribution < 1.29 is 13.2 Å². The summed E-state index contributed by atoms with van der Waals surface area (Å²) in [7, 11) is -3.57. The fraction of sp³-hybridized carbons (Fsp3) is 0.435. The lowest BCUT2D eigenvalue weighted by Crippen LogP contribution is -2.46. The van der Waals surface area contributed by atoms with E-state index < -0.39 is 10.0 Å². The Kier molecular flexibility index (Phi) is 8.03. The van der Waals surface area contributed by atoms with E-state index in [2.05, 4.69) is 5.32 Å². The van der Waals surface area contributed by atoms with Gasteiger partial charge in [0.05, 0.1) is 27.8 Å². The standard InChI is InChI=1S/C23H28Cl2N2O3S/c1-3-22(18-9-6-16(2)7-10-18)26-23(28)19-5-4-12-27(14-19)31(29,30)15-17-8-11-20(24)21(25)13-17/h6-11,13,19,22H,3-5,12,14-15H2,1-2H3,(H,26,28). The molecule has 1 fully saturated rings. The Bertz CT molecular complexity index is 1030. The van der Waals surface area contributed by atoms with Gasteiger partial charge in [-0.2, -0.15) is 0 Å². The predicted molar refractivity (Wildman–Crippen MR) is 126 cm³/mol. The third kappa shape index (κ3) is 6.22. The summed E-state index contributed by atoms with van der Waals surface area (Å²) in [6, 6.07) is 12.9. The third-order valence-electron chi connectivity index (χ3n) is 5.69. The molecule has 0 spiro atoms. The second kappa shape index (κ2) is 10.3. The molecule has 2 aromatic rings.